The van der Waals surface area contributed by atoms with E-state index in [1.807, 2.05) is 121 Å². The van der Waals surface area contributed by atoms with Gasteiger partial charge in [0, 0.05) is 19.6 Å². The predicted molar refractivity (Wildman–Crippen MR) is 636 cm³/mol. The third kappa shape index (κ3) is 67.6. The number of para-hydroxylation sites is 4. The van der Waals surface area contributed by atoms with Gasteiger partial charge in [-0.25, -0.2) is 0 Å². The molecular weight excluding hydrogens is 2090 g/mol. The Bertz CT molecular complexity index is 3820. The van der Waals surface area contributed by atoms with Crippen molar-refractivity contribution in [2.45, 2.75) is 486 Å². The van der Waals surface area contributed by atoms with Gasteiger partial charge in [0.2, 0.25) is 0 Å². The molecule has 0 aromatic heterocycles. The molecule has 0 saturated heterocycles. The summed E-state index contributed by atoms with van der Waals surface area (Å²) in [6.07, 6.45) is 79.5. The summed E-state index contributed by atoms with van der Waals surface area (Å²) in [6, 6.07) is 64.9. The van der Waals surface area contributed by atoms with Crippen LogP contribution in [0, 0.1) is 0 Å². The monoisotopic (exact) mass is 2280 g/mol. The maximum absolute atomic E-state index is 13.4. The summed E-state index contributed by atoms with van der Waals surface area (Å²) in [5.41, 5.74) is -3.83. The van der Waals surface area contributed by atoms with Gasteiger partial charge in [-0.3, -0.25) is 0 Å². The van der Waals surface area contributed by atoms with E-state index in [0.717, 1.165) is 145 Å². The first-order valence-electron chi connectivity index (χ1n) is 55.8. The van der Waals surface area contributed by atoms with Crippen LogP contribution in [-0.4, -0.2) is 4.21 Å². The zero-order valence-corrected chi connectivity index (χ0v) is 102. The van der Waals surface area contributed by atoms with Crippen LogP contribution in [0.15, 0.2) is 214 Å². The van der Waals surface area contributed by atoms with Gasteiger partial charge in [0.25, 0.3) is 0 Å². The standard InChI is InChI=1S/4C30H47O2PS2.Mo.OS/c4*1-3-5-7-9-11-13-15-21-27-22-17-19-25-29(27)32-33(31,34)35-30-26-20-18-24-28(30)23-16-14-12-10-8-6-4-2;;1-2/h4*17-20,22,24-26H,3-16,21,23H2,1-2H3,(H,31,34);;/q;;;;+4;/p-4. The Kier molecular flexibility index (Phi) is 83.7. The summed E-state index contributed by atoms with van der Waals surface area (Å²) in [4.78, 5) is 57.5. The van der Waals surface area contributed by atoms with Gasteiger partial charge >= 0.3 is 21.1 Å². The van der Waals surface area contributed by atoms with Crippen molar-refractivity contribution in [2.24, 2.45) is 0 Å². The van der Waals surface area contributed by atoms with Crippen LogP contribution >= 0.6 is 68.3 Å². The normalized spacial score (nSPS) is 12.8. The van der Waals surface area contributed by atoms with Crippen LogP contribution in [0.3, 0.4) is 0 Å². The quantitative estimate of drug-likeness (QED) is 0.0202. The number of hydrogen-bond donors (Lipinski definition) is 0. The second-order valence-corrected chi connectivity index (χ2v) is 61.7. The van der Waals surface area contributed by atoms with Gasteiger partial charge in [-0.2, -0.15) is 4.21 Å². The van der Waals surface area contributed by atoms with Gasteiger partial charge in [0.15, 0.2) is 12.5 Å². The molecule has 0 fully saturated rings. The predicted octanol–water partition coefficient (Wildman–Crippen LogP) is 39.8. The molecule has 4 atom stereocenters. The van der Waals surface area contributed by atoms with E-state index in [9.17, 15) is 19.6 Å². The first-order chi connectivity index (χ1) is 69.2. The maximum Gasteiger partial charge on any atom is 4.00 e. The fourth-order valence-electron chi connectivity index (χ4n) is 17.6. The van der Waals surface area contributed by atoms with Crippen molar-refractivity contribution in [3.05, 3.63) is 239 Å². The van der Waals surface area contributed by atoms with E-state index < -0.39 is 22.8 Å². The SMILES string of the molecule is CCCCCCCCCc1ccccc1OP([O-])(=S)Sc1ccccc1CCCCCCCCC.CCCCCCCCCc1ccccc1OP([O-])(=S)Sc1ccccc1CCCCCCCCC.CCCCCCCCCc1ccccc1OP([O-])(=S)Sc1ccccc1CCCCCCCCC.CCCCCCCCCc1ccccc1OP([O-])(=S)Sc1ccccc1CCCCCCCCC.O=S.[Mo+4]. The molecule has 0 N–H and O–H groups in total. The summed E-state index contributed by atoms with van der Waals surface area (Å²) in [5, 5.41) is 0. The Morgan fingerprint density at radius 3 is 0.441 bits per heavy atom. The largest absolute Gasteiger partial charge is 4.00 e. The van der Waals surface area contributed by atoms with E-state index in [2.05, 4.69) is 141 Å². The van der Waals surface area contributed by atoms with Crippen molar-refractivity contribution >= 4 is 128 Å². The number of unbranched alkanes of at least 4 members (excludes halogenated alkanes) is 48. The van der Waals surface area contributed by atoms with Gasteiger partial charge in [-0.1, -0.05) is 602 Å². The zero-order chi connectivity index (χ0) is 103. The molecule has 0 radical (unpaired) electrons. The van der Waals surface area contributed by atoms with Crippen molar-refractivity contribution in [1.82, 2.24) is 0 Å². The molecule has 4 unspecified atom stereocenters. The molecule has 23 heteroatoms. The molecular formula is C120H184MoO9P4S9. The molecule has 9 nitrogen and oxygen atoms in total. The van der Waals surface area contributed by atoms with Crippen molar-refractivity contribution in [1.29, 1.82) is 0 Å². The van der Waals surface area contributed by atoms with Crippen LogP contribution in [-0.2, 0) is 132 Å². The summed E-state index contributed by atoms with van der Waals surface area (Å²) < 4.78 is 31.9. The van der Waals surface area contributed by atoms with Gasteiger partial charge in [0.05, 0.1) is 0 Å². The first-order valence-corrected chi connectivity index (χ1v) is 72.4. The number of hydrogen-bond acceptors (Lipinski definition) is 18. The summed E-state index contributed by atoms with van der Waals surface area (Å²) in [7, 11) is 0. The Labute approximate surface area is 929 Å². The van der Waals surface area contributed by atoms with Crippen LogP contribution in [0.25, 0.3) is 0 Å². The fraction of sp³-hybridized carbons (Fsp3) is 0.600. The van der Waals surface area contributed by atoms with Crippen LogP contribution in [0.1, 0.15) is 459 Å². The van der Waals surface area contributed by atoms with Crippen molar-refractivity contribution in [2.75, 3.05) is 0 Å². The van der Waals surface area contributed by atoms with E-state index >= 15 is 0 Å². The van der Waals surface area contributed by atoms with E-state index in [1.165, 1.54) is 376 Å². The molecule has 8 aromatic carbocycles. The molecule has 0 bridgehead atoms. The Hall–Kier alpha value is -2.49. The number of rotatable bonds is 80. The van der Waals surface area contributed by atoms with Crippen LogP contribution in [0.2, 0.25) is 0 Å². The molecule has 8 rings (SSSR count). The van der Waals surface area contributed by atoms with Crippen LogP contribution in [0.4, 0.5) is 0 Å². The molecule has 0 spiro atoms. The van der Waals surface area contributed by atoms with Crippen molar-refractivity contribution in [3.63, 3.8) is 0 Å². The molecule has 0 aliphatic rings. The fourth-order valence-corrected chi connectivity index (χ4v) is 32.4. The summed E-state index contributed by atoms with van der Waals surface area (Å²) in [6.45, 7) is 18.0. The van der Waals surface area contributed by atoms with Gasteiger partial charge in [-0.15, -0.1) is 0 Å². The van der Waals surface area contributed by atoms with E-state index in [4.69, 9.17) is 69.5 Å². The van der Waals surface area contributed by atoms with E-state index in [0.29, 0.717) is 23.0 Å². The Morgan fingerprint density at radius 1 is 0.182 bits per heavy atom. The number of aryl methyl sites for hydroxylation is 8. The van der Waals surface area contributed by atoms with Gasteiger partial charge in [0.1, 0.15) is 45.8 Å². The summed E-state index contributed by atoms with van der Waals surface area (Å²) in [5.74, 6) is 2.76. The second-order valence-electron chi connectivity index (χ2n) is 38.4. The molecule has 0 amide bonds. The van der Waals surface area contributed by atoms with E-state index in [-0.39, 0.29) is 21.1 Å². The van der Waals surface area contributed by atoms with Crippen molar-refractivity contribution in [3.8, 4) is 23.0 Å². The molecule has 0 aliphatic carbocycles. The Balaban J connectivity index is 0.000000486. The minimum absolute atomic E-state index is 0. The smallest absolute Gasteiger partial charge is 0.783 e. The molecule has 798 valence electrons. The van der Waals surface area contributed by atoms with E-state index in [1.54, 1.807) is 0 Å². The van der Waals surface area contributed by atoms with Crippen LogP contribution < -0.4 is 37.7 Å². The third-order valence-corrected chi connectivity index (χ3v) is 40.3. The van der Waals surface area contributed by atoms with Crippen LogP contribution in [0.5, 0.6) is 23.0 Å². The second kappa shape index (κ2) is 88.9. The van der Waals surface area contributed by atoms with Gasteiger partial charge < -0.3 is 37.7 Å². The molecule has 0 aliphatic heterocycles. The number of benzene rings is 8. The topological polar surface area (TPSA) is 146 Å². The average molecular weight is 2280 g/mol. The zero-order valence-electron chi connectivity index (χ0n) is 89.3. The average Bonchev–Trinajstić information content (AvgIpc) is 0.842. The van der Waals surface area contributed by atoms with Gasteiger partial charge in [-0.05, 0) is 196 Å². The van der Waals surface area contributed by atoms with Crippen molar-refractivity contribution < 1.29 is 62.9 Å². The summed E-state index contributed by atoms with van der Waals surface area (Å²) >= 11 is 29.8. The molecule has 0 saturated carbocycles. The minimum atomic E-state index is -3.31. The maximum atomic E-state index is 13.4. The molecule has 8 aromatic rings. The Morgan fingerprint density at radius 2 is 0.294 bits per heavy atom. The molecule has 0 heterocycles. The third-order valence-electron chi connectivity index (χ3n) is 25.9. The molecule has 143 heavy (non-hydrogen) atoms. The first kappa shape index (κ1) is 135. The minimum Gasteiger partial charge on any atom is -0.783 e.